The highest BCUT2D eigenvalue weighted by molar-refractivity contribution is 6.20. The van der Waals surface area contributed by atoms with Gasteiger partial charge in [-0.05, 0) is 35.9 Å². The van der Waals surface area contributed by atoms with Gasteiger partial charge >= 0.3 is 0 Å². The summed E-state index contributed by atoms with van der Waals surface area (Å²) in [4.78, 5) is 26.2. The Kier molecular flexibility index (Phi) is 5.69. The normalized spacial score (nSPS) is 12.8. The number of hydrogen-bond donors (Lipinski definition) is 1. The number of carbonyl (C=O) groups excluding carboxylic acids is 2. The lowest BCUT2D eigenvalue weighted by molar-refractivity contribution is 0.0998. The number of amides is 1. The first kappa shape index (κ1) is 22.6. The average molecular weight is 489 g/mol. The van der Waals surface area contributed by atoms with Crippen LogP contribution >= 0.6 is 0 Å². The summed E-state index contributed by atoms with van der Waals surface area (Å²) in [6, 6.07) is 28.1. The van der Waals surface area contributed by atoms with Crippen LogP contribution in [0.15, 0.2) is 97.2 Å². The molecule has 37 heavy (non-hydrogen) atoms. The standard InChI is InChI=1S/C31H24N2O4/c32-31(35)23-14-15-33-24(18-23)28(30(34)21-10-5-2-6-11-21)27(20-8-3-1-4-9-20)29(33)22-12-13-25-26(19-22)37-17-7-16-36-25/h1-6,8-15,18-19H,7,16-17H2,(H2,32,35). The van der Waals surface area contributed by atoms with E-state index in [4.69, 9.17) is 15.2 Å². The van der Waals surface area contributed by atoms with Gasteiger partial charge in [0.1, 0.15) is 0 Å². The van der Waals surface area contributed by atoms with Crippen molar-refractivity contribution >= 4 is 17.2 Å². The molecule has 1 aliphatic heterocycles. The Hall–Kier alpha value is -4.84. The topological polar surface area (TPSA) is 83.0 Å². The van der Waals surface area contributed by atoms with E-state index in [-0.39, 0.29) is 5.78 Å². The summed E-state index contributed by atoms with van der Waals surface area (Å²) in [6.07, 6.45) is 2.60. The first-order valence-electron chi connectivity index (χ1n) is 12.1. The van der Waals surface area contributed by atoms with Gasteiger partial charge in [-0.15, -0.1) is 0 Å². The molecule has 1 amide bonds. The minimum absolute atomic E-state index is 0.140. The fourth-order valence-electron chi connectivity index (χ4n) is 4.85. The fraction of sp³-hybridized carbons (Fsp3) is 0.0968. The minimum atomic E-state index is -0.555. The van der Waals surface area contributed by atoms with Crippen molar-refractivity contribution in [2.24, 2.45) is 5.73 Å². The van der Waals surface area contributed by atoms with Crippen LogP contribution in [0.3, 0.4) is 0 Å². The molecule has 0 fully saturated rings. The Balaban J connectivity index is 1.71. The van der Waals surface area contributed by atoms with Crippen LogP contribution < -0.4 is 15.2 Å². The molecular formula is C31H24N2O4. The molecule has 2 N–H and O–H groups in total. The summed E-state index contributed by atoms with van der Waals surface area (Å²) in [6.45, 7) is 1.16. The summed E-state index contributed by atoms with van der Waals surface area (Å²) < 4.78 is 13.8. The molecule has 0 radical (unpaired) electrons. The Labute approximate surface area is 213 Å². The van der Waals surface area contributed by atoms with Crippen LogP contribution in [0.4, 0.5) is 0 Å². The Bertz CT molecular complexity index is 1640. The third kappa shape index (κ3) is 4.02. The first-order valence-corrected chi connectivity index (χ1v) is 12.1. The lowest BCUT2D eigenvalue weighted by Crippen LogP contribution is -2.11. The van der Waals surface area contributed by atoms with Crippen LogP contribution in [0.25, 0.3) is 27.9 Å². The SMILES string of the molecule is NC(=O)c1ccn2c(-c3ccc4c(c3)OCCCO4)c(-c3ccccc3)c(C(=O)c3ccccc3)c2c1. The number of pyridine rings is 1. The number of carbonyl (C=O) groups is 2. The number of aromatic nitrogens is 1. The van der Waals surface area contributed by atoms with Gasteiger partial charge in [-0.25, -0.2) is 0 Å². The quantitative estimate of drug-likeness (QED) is 0.319. The van der Waals surface area contributed by atoms with E-state index < -0.39 is 5.91 Å². The maximum atomic E-state index is 14.1. The molecule has 0 aliphatic carbocycles. The van der Waals surface area contributed by atoms with Crippen molar-refractivity contribution in [3.8, 4) is 33.9 Å². The Morgan fingerprint density at radius 2 is 1.43 bits per heavy atom. The molecule has 6 nitrogen and oxygen atoms in total. The molecule has 0 bridgehead atoms. The maximum absolute atomic E-state index is 14.1. The van der Waals surface area contributed by atoms with Gasteiger partial charge < -0.3 is 19.6 Å². The van der Waals surface area contributed by atoms with Gasteiger partial charge in [-0.1, -0.05) is 60.7 Å². The summed E-state index contributed by atoms with van der Waals surface area (Å²) in [7, 11) is 0. The molecule has 2 aromatic heterocycles. The molecule has 3 aromatic carbocycles. The molecule has 0 spiro atoms. The third-order valence-corrected chi connectivity index (χ3v) is 6.57. The molecule has 6 heteroatoms. The van der Waals surface area contributed by atoms with Gasteiger partial charge in [0.15, 0.2) is 17.3 Å². The summed E-state index contributed by atoms with van der Waals surface area (Å²) in [5.74, 6) is 0.660. The number of nitrogens with two attached hydrogens (primary N) is 1. The highest BCUT2D eigenvalue weighted by Gasteiger charge is 2.27. The fourth-order valence-corrected chi connectivity index (χ4v) is 4.85. The zero-order valence-electron chi connectivity index (χ0n) is 20.0. The predicted octanol–water partition coefficient (Wildman–Crippen LogP) is 5.76. The van der Waals surface area contributed by atoms with Crippen LogP contribution in [-0.4, -0.2) is 29.3 Å². The van der Waals surface area contributed by atoms with Crippen molar-refractivity contribution < 1.29 is 19.1 Å². The van der Waals surface area contributed by atoms with E-state index in [1.165, 1.54) is 0 Å². The van der Waals surface area contributed by atoms with E-state index >= 15 is 0 Å². The number of rotatable bonds is 5. The summed E-state index contributed by atoms with van der Waals surface area (Å²) >= 11 is 0. The third-order valence-electron chi connectivity index (χ3n) is 6.57. The number of fused-ring (bicyclic) bond motifs is 2. The van der Waals surface area contributed by atoms with Gasteiger partial charge in [0.25, 0.3) is 0 Å². The monoisotopic (exact) mass is 488 g/mol. The highest BCUT2D eigenvalue weighted by Crippen LogP contribution is 2.43. The minimum Gasteiger partial charge on any atom is -0.490 e. The molecule has 5 aromatic rings. The average Bonchev–Trinajstić information content (AvgIpc) is 3.09. The molecular weight excluding hydrogens is 464 g/mol. The maximum Gasteiger partial charge on any atom is 0.248 e. The van der Waals surface area contributed by atoms with E-state index in [0.717, 1.165) is 28.8 Å². The largest absolute Gasteiger partial charge is 0.490 e. The van der Waals surface area contributed by atoms with E-state index in [2.05, 4.69) is 0 Å². The van der Waals surface area contributed by atoms with Crippen LogP contribution in [0, 0.1) is 0 Å². The molecule has 3 heterocycles. The molecule has 6 rings (SSSR count). The van der Waals surface area contributed by atoms with E-state index in [1.807, 2.05) is 71.1 Å². The molecule has 0 unspecified atom stereocenters. The van der Waals surface area contributed by atoms with Crippen molar-refractivity contribution in [1.29, 1.82) is 0 Å². The van der Waals surface area contributed by atoms with Gasteiger partial charge in [0.05, 0.1) is 30.0 Å². The van der Waals surface area contributed by atoms with Crippen molar-refractivity contribution in [1.82, 2.24) is 4.40 Å². The smallest absolute Gasteiger partial charge is 0.248 e. The van der Waals surface area contributed by atoms with Crippen molar-refractivity contribution in [2.45, 2.75) is 6.42 Å². The zero-order chi connectivity index (χ0) is 25.4. The molecule has 1 aliphatic rings. The van der Waals surface area contributed by atoms with Gasteiger partial charge in [-0.2, -0.15) is 0 Å². The zero-order valence-corrected chi connectivity index (χ0v) is 20.0. The molecule has 182 valence electrons. The van der Waals surface area contributed by atoms with Crippen LogP contribution in [0.1, 0.15) is 32.7 Å². The number of nitrogens with zero attached hydrogens (tertiary/aromatic N) is 1. The second kappa shape index (κ2) is 9.32. The molecule has 0 atom stereocenters. The van der Waals surface area contributed by atoms with Gasteiger partial charge in [0.2, 0.25) is 5.91 Å². The van der Waals surface area contributed by atoms with Crippen molar-refractivity contribution in [3.63, 3.8) is 0 Å². The first-order chi connectivity index (χ1) is 18.1. The van der Waals surface area contributed by atoms with Crippen LogP contribution in [0.2, 0.25) is 0 Å². The highest BCUT2D eigenvalue weighted by atomic mass is 16.5. The van der Waals surface area contributed by atoms with Gasteiger partial charge in [0, 0.05) is 34.9 Å². The molecule has 0 saturated heterocycles. The summed E-state index contributed by atoms with van der Waals surface area (Å²) in [5.41, 5.74) is 11.0. The number of ketones is 1. The number of ether oxygens (including phenoxy) is 2. The summed E-state index contributed by atoms with van der Waals surface area (Å²) in [5, 5.41) is 0. The Morgan fingerprint density at radius 1 is 0.730 bits per heavy atom. The van der Waals surface area contributed by atoms with Crippen molar-refractivity contribution in [2.75, 3.05) is 13.2 Å². The lowest BCUT2D eigenvalue weighted by atomic mass is 9.92. The van der Waals surface area contributed by atoms with Crippen molar-refractivity contribution in [3.05, 3.63) is 114 Å². The Morgan fingerprint density at radius 3 is 2.16 bits per heavy atom. The second-order valence-electron chi connectivity index (χ2n) is 8.91. The lowest BCUT2D eigenvalue weighted by Gasteiger charge is -2.12. The second-order valence-corrected chi connectivity index (χ2v) is 8.91. The van der Waals surface area contributed by atoms with E-state index in [9.17, 15) is 9.59 Å². The van der Waals surface area contributed by atoms with Gasteiger partial charge in [-0.3, -0.25) is 9.59 Å². The number of primary amides is 1. The molecule has 0 saturated carbocycles. The number of hydrogen-bond acceptors (Lipinski definition) is 4. The van der Waals surface area contributed by atoms with E-state index in [1.54, 1.807) is 30.5 Å². The predicted molar refractivity (Wildman–Crippen MR) is 142 cm³/mol. The van der Waals surface area contributed by atoms with Crippen LogP contribution in [0.5, 0.6) is 11.5 Å². The van der Waals surface area contributed by atoms with Crippen LogP contribution in [-0.2, 0) is 0 Å². The number of benzene rings is 3. The van der Waals surface area contributed by atoms with E-state index in [0.29, 0.717) is 46.9 Å².